The van der Waals surface area contributed by atoms with Gasteiger partial charge in [-0.1, -0.05) is 96.5 Å². The van der Waals surface area contributed by atoms with E-state index < -0.39 is 0 Å². The highest BCUT2D eigenvalue weighted by Gasteiger charge is 2.60. The number of hydrogen-bond donors (Lipinski definition) is 0. The molecule has 8 rings (SSSR count). The predicted octanol–water partition coefficient (Wildman–Crippen LogP) is 9.76. The summed E-state index contributed by atoms with van der Waals surface area (Å²) in [5.41, 5.74) is 12.3. The molecule has 2 fully saturated rings. The third-order valence-electron chi connectivity index (χ3n) is 10.2. The summed E-state index contributed by atoms with van der Waals surface area (Å²) in [5, 5.41) is 2.66. The van der Waals surface area contributed by atoms with Crippen molar-refractivity contribution in [2.75, 3.05) is 0 Å². The largest absolute Gasteiger partial charge is 0.293 e. The summed E-state index contributed by atoms with van der Waals surface area (Å²) in [6.07, 6.45) is 21.4. The van der Waals surface area contributed by atoms with E-state index in [1.807, 2.05) is 0 Å². The van der Waals surface area contributed by atoms with Crippen LogP contribution in [0.3, 0.4) is 0 Å². The summed E-state index contributed by atoms with van der Waals surface area (Å²) in [5.74, 6) is 1.05. The van der Waals surface area contributed by atoms with Gasteiger partial charge in [0, 0.05) is 5.57 Å². The Bertz CT molecular complexity index is 1650. The number of fused-ring (bicyclic) bond motifs is 2. The van der Waals surface area contributed by atoms with E-state index in [9.17, 15) is 4.79 Å². The smallest absolute Gasteiger partial charge is 0.174 e. The fourth-order valence-corrected chi connectivity index (χ4v) is 8.05. The van der Waals surface area contributed by atoms with Crippen LogP contribution in [0.15, 0.2) is 95.1 Å². The van der Waals surface area contributed by atoms with Gasteiger partial charge in [-0.25, -0.2) is 0 Å². The second kappa shape index (κ2) is 9.58. The summed E-state index contributed by atoms with van der Waals surface area (Å²) < 4.78 is 0. The third-order valence-corrected chi connectivity index (χ3v) is 10.2. The molecule has 0 saturated heterocycles. The van der Waals surface area contributed by atoms with Crippen LogP contribution >= 0.6 is 0 Å². The highest BCUT2D eigenvalue weighted by molar-refractivity contribution is 6.23. The molecular weight excluding hydrogens is 484 g/mol. The van der Waals surface area contributed by atoms with Crippen molar-refractivity contribution < 1.29 is 4.79 Å². The fraction of sp³-hybridized carbons (Fsp3) is 0.359. The van der Waals surface area contributed by atoms with E-state index in [-0.39, 0.29) is 5.41 Å². The highest BCUT2D eigenvalue weighted by Crippen LogP contribution is 2.67. The number of carbonyl (C=O) groups is 1. The van der Waals surface area contributed by atoms with E-state index in [1.54, 1.807) is 11.1 Å². The normalized spacial score (nSPS) is 23.4. The molecule has 5 aliphatic rings. The lowest BCUT2D eigenvalue weighted by atomic mass is 9.84. The van der Waals surface area contributed by atoms with E-state index in [0.29, 0.717) is 11.7 Å². The van der Waals surface area contributed by atoms with Gasteiger partial charge >= 0.3 is 0 Å². The molecule has 3 aromatic carbocycles. The first-order chi connectivity index (χ1) is 19.7. The maximum atomic E-state index is 14.3. The number of Topliss-reactive ketones (excluding diaryl/α,β-unsaturated/α-hetero) is 1. The van der Waals surface area contributed by atoms with Gasteiger partial charge in [-0.15, -0.1) is 0 Å². The fourth-order valence-electron chi connectivity index (χ4n) is 8.05. The summed E-state index contributed by atoms with van der Waals surface area (Å²) in [7, 11) is 0. The first-order valence-electron chi connectivity index (χ1n) is 15.7. The van der Waals surface area contributed by atoms with Gasteiger partial charge in [-0.05, 0) is 121 Å². The average molecular weight is 523 g/mol. The van der Waals surface area contributed by atoms with Crippen molar-refractivity contribution in [2.45, 2.75) is 77.0 Å². The van der Waals surface area contributed by atoms with Gasteiger partial charge in [-0.2, -0.15) is 0 Å². The Morgan fingerprint density at radius 2 is 1.68 bits per heavy atom. The Kier molecular flexibility index (Phi) is 5.83. The minimum Gasteiger partial charge on any atom is -0.293 e. The van der Waals surface area contributed by atoms with Gasteiger partial charge in [0.2, 0.25) is 0 Å². The van der Waals surface area contributed by atoms with Crippen LogP contribution in [0.2, 0.25) is 0 Å². The molecule has 5 aliphatic carbocycles. The van der Waals surface area contributed by atoms with Crippen LogP contribution in [0.25, 0.3) is 22.4 Å². The van der Waals surface area contributed by atoms with Crippen LogP contribution in [0.4, 0.5) is 0 Å². The molecular formula is C39H38O. The molecule has 0 radical (unpaired) electrons. The lowest BCUT2D eigenvalue weighted by Crippen LogP contribution is -2.12. The maximum Gasteiger partial charge on any atom is 0.174 e. The van der Waals surface area contributed by atoms with Crippen molar-refractivity contribution in [3.05, 3.63) is 117 Å². The second-order valence-electron chi connectivity index (χ2n) is 13.0. The number of benzene rings is 3. The molecule has 200 valence electrons. The topological polar surface area (TPSA) is 17.1 Å². The standard InChI is InChI=1S/C39H38O/c40-38-33(19-16-26-10-6-3-7-11-26)36(37(29-17-18-29)39(38)20-21-39)35-32-15-9-8-14-30(32)25-31-23-28(24-34(31)35)22-27-12-4-1-2-5-13-27/h3,6-12,14-16,19,25,28H,1-2,4-5,13,17-18,20-24H2/b19-16+. The van der Waals surface area contributed by atoms with Gasteiger partial charge < -0.3 is 0 Å². The van der Waals surface area contributed by atoms with Crippen molar-refractivity contribution in [3.63, 3.8) is 0 Å². The van der Waals surface area contributed by atoms with E-state index in [4.69, 9.17) is 0 Å². The number of rotatable bonds is 5. The molecule has 0 heterocycles. The first-order valence-corrected chi connectivity index (χ1v) is 15.7. The number of carbonyl (C=O) groups excluding carboxylic acids is 1. The van der Waals surface area contributed by atoms with Crippen LogP contribution in [0.5, 0.6) is 0 Å². The monoisotopic (exact) mass is 522 g/mol. The van der Waals surface area contributed by atoms with Crippen molar-refractivity contribution in [1.29, 1.82) is 0 Å². The highest BCUT2D eigenvalue weighted by atomic mass is 16.1. The van der Waals surface area contributed by atoms with Gasteiger partial charge in [0.1, 0.15) is 0 Å². The average Bonchev–Trinajstić information content (AvgIpc) is 3.90. The van der Waals surface area contributed by atoms with Crippen LogP contribution in [0, 0.1) is 11.3 Å². The maximum absolute atomic E-state index is 14.3. The van der Waals surface area contributed by atoms with Crippen LogP contribution in [-0.2, 0) is 17.6 Å². The molecule has 3 aromatic rings. The molecule has 1 atom stereocenters. The van der Waals surface area contributed by atoms with E-state index >= 15 is 0 Å². The third kappa shape index (κ3) is 4.09. The Balaban J connectivity index is 1.30. The molecule has 0 amide bonds. The number of ketones is 1. The van der Waals surface area contributed by atoms with E-state index in [1.165, 1.54) is 77.1 Å². The lowest BCUT2D eigenvalue weighted by molar-refractivity contribution is -0.118. The van der Waals surface area contributed by atoms with Crippen molar-refractivity contribution >= 4 is 28.2 Å². The quantitative estimate of drug-likeness (QED) is 0.305. The molecule has 2 saturated carbocycles. The minimum absolute atomic E-state index is 0.246. The van der Waals surface area contributed by atoms with Crippen molar-refractivity contribution in [1.82, 2.24) is 0 Å². The summed E-state index contributed by atoms with van der Waals surface area (Å²) in [4.78, 5) is 14.3. The predicted molar refractivity (Wildman–Crippen MR) is 166 cm³/mol. The van der Waals surface area contributed by atoms with Gasteiger partial charge in [0.15, 0.2) is 5.78 Å². The van der Waals surface area contributed by atoms with Crippen molar-refractivity contribution in [3.8, 4) is 0 Å². The first kappa shape index (κ1) is 24.4. The molecule has 0 bridgehead atoms. The zero-order chi connectivity index (χ0) is 26.7. The number of hydrogen-bond acceptors (Lipinski definition) is 1. The van der Waals surface area contributed by atoms with E-state index in [0.717, 1.165) is 49.7 Å². The van der Waals surface area contributed by atoms with E-state index in [2.05, 4.69) is 78.9 Å². The summed E-state index contributed by atoms with van der Waals surface area (Å²) >= 11 is 0. The lowest BCUT2D eigenvalue weighted by Gasteiger charge is -2.19. The van der Waals surface area contributed by atoms with Crippen LogP contribution < -0.4 is 0 Å². The second-order valence-corrected chi connectivity index (χ2v) is 13.0. The van der Waals surface area contributed by atoms with Gasteiger partial charge in [0.25, 0.3) is 0 Å². The molecule has 1 unspecified atom stereocenters. The summed E-state index contributed by atoms with van der Waals surface area (Å²) in [6.45, 7) is 0. The number of allylic oxidation sites excluding steroid dienone is 7. The van der Waals surface area contributed by atoms with Crippen LogP contribution in [-0.4, -0.2) is 5.78 Å². The summed E-state index contributed by atoms with van der Waals surface area (Å²) in [6, 6.07) is 21.9. The molecule has 1 spiro atoms. The zero-order valence-electron chi connectivity index (χ0n) is 23.5. The Morgan fingerprint density at radius 3 is 2.50 bits per heavy atom. The molecule has 1 heteroatoms. The van der Waals surface area contributed by atoms with Gasteiger partial charge in [-0.3, -0.25) is 4.79 Å². The zero-order valence-corrected chi connectivity index (χ0v) is 23.5. The van der Waals surface area contributed by atoms with Gasteiger partial charge in [0.05, 0.1) is 5.41 Å². The SMILES string of the molecule is O=C1C(/C=C/c2ccccc2)=C(c2c3c(cc4ccccc24)CC(CC2=CCCCCC2)C3)C(=C2CC2)C12CC2. The molecule has 1 nitrogen and oxygen atoms in total. The minimum atomic E-state index is -0.246. The Labute approximate surface area is 238 Å². The Hall–Kier alpha value is -3.45. The van der Waals surface area contributed by atoms with Crippen molar-refractivity contribution in [2.24, 2.45) is 11.3 Å². The molecule has 40 heavy (non-hydrogen) atoms. The molecule has 0 aliphatic heterocycles. The Morgan fingerprint density at radius 1 is 0.850 bits per heavy atom. The molecule has 0 N–H and O–H groups in total. The molecule has 0 aromatic heterocycles. The van der Waals surface area contributed by atoms with Crippen LogP contribution in [0.1, 0.15) is 86.5 Å².